The van der Waals surface area contributed by atoms with Crippen LogP contribution < -0.4 is 0 Å². The number of nitrogens with zero attached hydrogens (tertiary/aromatic N) is 1. The molecule has 0 amide bonds. The average Bonchev–Trinajstić information content (AvgIpc) is 2.49. The molecule has 0 radical (unpaired) electrons. The number of benzene rings is 1. The fraction of sp³-hybridized carbons (Fsp3) is 0.200. The highest BCUT2D eigenvalue weighted by atomic mass is 35.5. The minimum absolute atomic E-state index is 0.105. The molecule has 0 spiro atoms. The third-order valence-electron chi connectivity index (χ3n) is 2.14. The lowest BCUT2D eigenvalue weighted by molar-refractivity contribution is 0.278. The zero-order valence-electron chi connectivity index (χ0n) is 7.37. The number of hydrogen-bond acceptors (Lipinski definition) is 1. The van der Waals surface area contributed by atoms with E-state index in [-0.39, 0.29) is 6.61 Å². The SMILES string of the molecule is OCCn1ccc2c(Cl)cc(Cl)cc21. The van der Waals surface area contributed by atoms with Gasteiger partial charge in [0.2, 0.25) is 0 Å². The maximum atomic E-state index is 8.85. The smallest absolute Gasteiger partial charge is 0.0610 e. The van der Waals surface area contributed by atoms with Crippen LogP contribution in [0.25, 0.3) is 10.9 Å². The van der Waals surface area contributed by atoms with Crippen molar-refractivity contribution in [2.45, 2.75) is 6.54 Å². The van der Waals surface area contributed by atoms with Crippen LogP contribution in [0.2, 0.25) is 10.0 Å². The van der Waals surface area contributed by atoms with Gasteiger partial charge < -0.3 is 9.67 Å². The normalized spacial score (nSPS) is 11.1. The highest BCUT2D eigenvalue weighted by Gasteiger charge is 2.05. The molecule has 0 saturated carbocycles. The summed E-state index contributed by atoms with van der Waals surface area (Å²) in [5.74, 6) is 0. The van der Waals surface area contributed by atoms with Gasteiger partial charge in [-0.1, -0.05) is 23.2 Å². The summed E-state index contributed by atoms with van der Waals surface area (Å²) < 4.78 is 1.92. The fourth-order valence-corrected chi connectivity index (χ4v) is 2.07. The quantitative estimate of drug-likeness (QED) is 0.842. The summed E-state index contributed by atoms with van der Waals surface area (Å²) in [4.78, 5) is 0. The second kappa shape index (κ2) is 3.81. The molecule has 14 heavy (non-hydrogen) atoms. The van der Waals surface area contributed by atoms with E-state index in [1.807, 2.05) is 22.9 Å². The van der Waals surface area contributed by atoms with Crippen LogP contribution >= 0.6 is 23.2 Å². The Kier molecular flexibility index (Phi) is 2.68. The first kappa shape index (κ1) is 9.84. The lowest BCUT2D eigenvalue weighted by Crippen LogP contribution is -1.99. The van der Waals surface area contributed by atoms with E-state index in [2.05, 4.69) is 0 Å². The molecule has 1 aromatic carbocycles. The Labute approximate surface area is 91.7 Å². The van der Waals surface area contributed by atoms with Crippen LogP contribution in [0.4, 0.5) is 0 Å². The average molecular weight is 230 g/mol. The molecule has 4 heteroatoms. The molecule has 2 aromatic rings. The minimum atomic E-state index is 0.105. The molecule has 0 unspecified atom stereocenters. The molecule has 0 bridgehead atoms. The molecule has 1 heterocycles. The van der Waals surface area contributed by atoms with Gasteiger partial charge in [-0.3, -0.25) is 0 Å². The number of fused-ring (bicyclic) bond motifs is 1. The first-order valence-electron chi connectivity index (χ1n) is 4.27. The molecular formula is C10H9Cl2NO. The zero-order valence-corrected chi connectivity index (χ0v) is 8.89. The number of aromatic nitrogens is 1. The van der Waals surface area contributed by atoms with Crippen LogP contribution in [0.1, 0.15) is 0 Å². The van der Waals surface area contributed by atoms with Crippen molar-refractivity contribution >= 4 is 34.1 Å². The highest BCUT2D eigenvalue weighted by Crippen LogP contribution is 2.28. The van der Waals surface area contributed by atoms with E-state index in [0.29, 0.717) is 16.6 Å². The highest BCUT2D eigenvalue weighted by molar-refractivity contribution is 6.38. The third kappa shape index (κ3) is 1.61. The molecule has 1 N–H and O–H groups in total. The van der Waals surface area contributed by atoms with E-state index in [4.69, 9.17) is 28.3 Å². The second-order valence-corrected chi connectivity index (χ2v) is 3.90. The number of rotatable bonds is 2. The Bertz CT molecular complexity index is 464. The summed E-state index contributed by atoms with van der Waals surface area (Å²) in [6.07, 6.45) is 1.89. The van der Waals surface area contributed by atoms with Gasteiger partial charge in [-0.2, -0.15) is 0 Å². The van der Waals surface area contributed by atoms with E-state index < -0.39 is 0 Å². The molecule has 2 rings (SSSR count). The van der Waals surface area contributed by atoms with Crippen LogP contribution in [0, 0.1) is 0 Å². The van der Waals surface area contributed by atoms with Crippen molar-refractivity contribution in [2.24, 2.45) is 0 Å². The molecule has 0 fully saturated rings. The number of aliphatic hydroxyl groups is 1. The van der Waals surface area contributed by atoms with Gasteiger partial charge in [-0.05, 0) is 18.2 Å². The van der Waals surface area contributed by atoms with Crippen LogP contribution in [0.3, 0.4) is 0 Å². The predicted molar refractivity (Wildman–Crippen MR) is 59.0 cm³/mol. The Morgan fingerprint density at radius 1 is 1.29 bits per heavy atom. The molecule has 2 nitrogen and oxygen atoms in total. The maximum Gasteiger partial charge on any atom is 0.0610 e. The van der Waals surface area contributed by atoms with Gasteiger partial charge in [0.1, 0.15) is 0 Å². The van der Waals surface area contributed by atoms with E-state index >= 15 is 0 Å². The molecule has 1 aromatic heterocycles. The molecule has 0 aliphatic rings. The van der Waals surface area contributed by atoms with Gasteiger partial charge in [-0.25, -0.2) is 0 Å². The molecule has 0 atom stereocenters. The van der Waals surface area contributed by atoms with Crippen LogP contribution in [-0.4, -0.2) is 16.3 Å². The van der Waals surface area contributed by atoms with E-state index in [1.54, 1.807) is 6.07 Å². The monoisotopic (exact) mass is 229 g/mol. The Hall–Kier alpha value is -0.700. The van der Waals surface area contributed by atoms with Crippen LogP contribution in [0.5, 0.6) is 0 Å². The Balaban J connectivity index is 2.66. The van der Waals surface area contributed by atoms with Crippen molar-refractivity contribution < 1.29 is 5.11 Å². The van der Waals surface area contributed by atoms with E-state index in [0.717, 1.165) is 10.9 Å². The van der Waals surface area contributed by atoms with Crippen molar-refractivity contribution in [3.8, 4) is 0 Å². The molecular weight excluding hydrogens is 221 g/mol. The van der Waals surface area contributed by atoms with Crippen molar-refractivity contribution in [3.05, 3.63) is 34.4 Å². The van der Waals surface area contributed by atoms with E-state index in [9.17, 15) is 0 Å². The summed E-state index contributed by atoms with van der Waals surface area (Å²) in [5, 5.41) is 11.1. The predicted octanol–water partition coefficient (Wildman–Crippen LogP) is 2.94. The van der Waals surface area contributed by atoms with Gasteiger partial charge in [0.05, 0.1) is 17.1 Å². The first-order valence-corrected chi connectivity index (χ1v) is 5.02. The summed E-state index contributed by atoms with van der Waals surface area (Å²) in [5.41, 5.74) is 0.955. The minimum Gasteiger partial charge on any atom is -0.395 e. The van der Waals surface area contributed by atoms with Gasteiger partial charge in [-0.15, -0.1) is 0 Å². The number of hydrogen-bond donors (Lipinski definition) is 1. The van der Waals surface area contributed by atoms with E-state index in [1.165, 1.54) is 0 Å². The largest absolute Gasteiger partial charge is 0.395 e. The van der Waals surface area contributed by atoms with Gasteiger partial charge in [0.15, 0.2) is 0 Å². The molecule has 0 aliphatic carbocycles. The standard InChI is InChI=1S/C10H9Cl2NO/c11-7-5-9(12)8-1-2-13(3-4-14)10(8)6-7/h1-2,5-6,14H,3-4H2. The summed E-state index contributed by atoms with van der Waals surface area (Å²) in [6, 6.07) is 5.48. The summed E-state index contributed by atoms with van der Waals surface area (Å²) in [7, 11) is 0. The van der Waals surface area contributed by atoms with Crippen molar-refractivity contribution in [1.82, 2.24) is 4.57 Å². The molecule has 74 valence electrons. The first-order chi connectivity index (χ1) is 6.72. The van der Waals surface area contributed by atoms with Gasteiger partial charge >= 0.3 is 0 Å². The van der Waals surface area contributed by atoms with Gasteiger partial charge in [0, 0.05) is 23.2 Å². The van der Waals surface area contributed by atoms with Crippen molar-refractivity contribution in [2.75, 3.05) is 6.61 Å². The number of aliphatic hydroxyl groups excluding tert-OH is 1. The summed E-state index contributed by atoms with van der Waals surface area (Å²) >= 11 is 11.9. The maximum absolute atomic E-state index is 8.85. The number of halogens is 2. The lowest BCUT2D eigenvalue weighted by atomic mass is 10.2. The Morgan fingerprint density at radius 2 is 2.07 bits per heavy atom. The molecule has 0 saturated heterocycles. The van der Waals surface area contributed by atoms with Crippen LogP contribution in [-0.2, 0) is 6.54 Å². The van der Waals surface area contributed by atoms with Crippen molar-refractivity contribution in [1.29, 1.82) is 0 Å². The third-order valence-corrected chi connectivity index (χ3v) is 2.67. The lowest BCUT2D eigenvalue weighted by Gasteiger charge is -2.03. The molecule has 0 aliphatic heterocycles. The fourth-order valence-electron chi connectivity index (χ4n) is 1.52. The second-order valence-electron chi connectivity index (χ2n) is 3.05. The van der Waals surface area contributed by atoms with Crippen molar-refractivity contribution in [3.63, 3.8) is 0 Å². The zero-order chi connectivity index (χ0) is 10.1. The van der Waals surface area contributed by atoms with Gasteiger partial charge in [0.25, 0.3) is 0 Å². The van der Waals surface area contributed by atoms with Crippen LogP contribution in [0.15, 0.2) is 24.4 Å². The topological polar surface area (TPSA) is 25.2 Å². The summed E-state index contributed by atoms with van der Waals surface area (Å²) in [6.45, 7) is 0.661. The Morgan fingerprint density at radius 3 is 2.79 bits per heavy atom.